The molecule has 0 unspecified atom stereocenters. The Hall–Kier alpha value is -12.5. The Balaban J connectivity index is 0.000000167. The van der Waals surface area contributed by atoms with Crippen LogP contribution in [0.2, 0.25) is 0 Å². The van der Waals surface area contributed by atoms with Crippen LogP contribution in [0.5, 0.6) is 0 Å². The molecule has 0 aliphatic carbocycles. The van der Waals surface area contributed by atoms with Gasteiger partial charge in [-0.05, 0) is 167 Å². The van der Waals surface area contributed by atoms with Crippen LogP contribution in [-0.2, 0) is 19.2 Å². The Kier molecular flexibility index (Phi) is 21.5. The number of nitrogens with zero attached hydrogens (tertiary/aromatic N) is 12. The van der Waals surface area contributed by atoms with Crippen LogP contribution in [0.3, 0.4) is 0 Å². The highest BCUT2D eigenvalue weighted by Crippen LogP contribution is 2.41. The third-order valence-electron chi connectivity index (χ3n) is 23.2. The molecule has 4 aliphatic heterocycles. The first-order valence-electron chi connectivity index (χ1n) is 40.5. The number of carbonyl (C=O) groups excluding carboxylic acids is 4. The number of amides is 4. The summed E-state index contributed by atoms with van der Waals surface area (Å²) in [5.74, 6) is 4.27. The zero-order valence-corrected chi connectivity index (χ0v) is 67.1. The van der Waals surface area contributed by atoms with Crippen LogP contribution >= 0.6 is 11.3 Å². The van der Waals surface area contributed by atoms with E-state index in [2.05, 4.69) is 189 Å². The van der Waals surface area contributed by atoms with Crippen LogP contribution in [0.4, 0.5) is 23.1 Å². The number of hydrogen-bond donors (Lipinski definition) is 9. The van der Waals surface area contributed by atoms with Crippen LogP contribution in [-0.4, -0.2) is 158 Å². The van der Waals surface area contributed by atoms with Gasteiger partial charge in [0, 0.05) is 61.3 Å². The van der Waals surface area contributed by atoms with Crippen molar-refractivity contribution in [2.24, 2.45) is 23.7 Å². The summed E-state index contributed by atoms with van der Waals surface area (Å²) in [4.78, 5) is 117. The van der Waals surface area contributed by atoms with Crippen molar-refractivity contribution in [2.75, 3.05) is 47.4 Å². The first-order chi connectivity index (χ1) is 56.4. The third-order valence-corrected chi connectivity index (χ3v) is 23.9. The van der Waals surface area contributed by atoms with Gasteiger partial charge in [0.15, 0.2) is 5.13 Å². The average Bonchev–Trinajstić information content (AvgIpc) is 1.50. The quantitative estimate of drug-likeness (QED) is 0.0271. The third kappa shape index (κ3) is 15.7. The second-order valence-corrected chi connectivity index (χ2v) is 33.2. The fourth-order valence-corrected chi connectivity index (χ4v) is 17.6. The van der Waals surface area contributed by atoms with Gasteiger partial charge in [-0.1, -0.05) is 116 Å². The summed E-state index contributed by atoms with van der Waals surface area (Å²) in [7, 11) is 0. The Morgan fingerprint density at radius 2 is 0.784 bits per heavy atom. The molecule has 28 heteroatoms. The molecule has 27 nitrogen and oxygen atoms in total. The minimum Gasteiger partial charge on any atom is -0.432 e. The van der Waals surface area contributed by atoms with E-state index < -0.39 is 18.1 Å². The predicted octanol–water partition coefficient (Wildman–Crippen LogP) is 16.9. The number of anilines is 4. The van der Waals surface area contributed by atoms with Crippen molar-refractivity contribution >= 4 is 102 Å². The molecule has 12 heterocycles. The number of hydrogen-bond acceptors (Lipinski definition) is 19. The topological polar surface area (TPSA) is 338 Å². The van der Waals surface area contributed by atoms with E-state index in [1.54, 1.807) is 31.0 Å². The lowest BCUT2D eigenvalue weighted by molar-refractivity contribution is -0.134. The zero-order chi connectivity index (χ0) is 79.8. The predicted molar refractivity (Wildman–Crippen MR) is 451 cm³/mol. The largest absolute Gasteiger partial charge is 0.432 e. The number of oxazole rings is 2. The lowest BCUT2D eigenvalue weighted by Crippen LogP contribution is -2.45. The van der Waals surface area contributed by atoms with Crippen LogP contribution < -0.4 is 21.3 Å². The number of nitrogens with one attached hydrogen (secondary N) is 9. The van der Waals surface area contributed by atoms with Crippen LogP contribution in [0, 0.1) is 23.7 Å². The van der Waals surface area contributed by atoms with E-state index in [9.17, 15) is 19.2 Å². The maximum atomic E-state index is 13.9. The number of H-pyrrole nitrogens is 5. The maximum absolute atomic E-state index is 13.9. The van der Waals surface area contributed by atoms with Crippen LogP contribution in [0.1, 0.15) is 154 Å². The number of rotatable bonds is 24. The number of likely N-dealkylation sites (tertiary alicyclic amines) is 4. The van der Waals surface area contributed by atoms with E-state index in [0.29, 0.717) is 44.2 Å². The lowest BCUT2D eigenvalue weighted by Gasteiger charge is -2.30. The second-order valence-electron chi connectivity index (χ2n) is 32.3. The lowest BCUT2D eigenvalue weighted by atomic mass is 9.99. The highest BCUT2D eigenvalue weighted by molar-refractivity contribution is 7.13. The van der Waals surface area contributed by atoms with E-state index in [4.69, 9.17) is 28.8 Å². The van der Waals surface area contributed by atoms with E-state index in [0.717, 1.165) is 168 Å². The van der Waals surface area contributed by atoms with Crippen molar-refractivity contribution in [3.8, 4) is 44.8 Å². The van der Waals surface area contributed by atoms with Crippen molar-refractivity contribution in [2.45, 2.75) is 155 Å². The molecule has 9 N–H and O–H groups in total. The van der Waals surface area contributed by atoms with E-state index in [1.165, 1.54) is 23.9 Å². The number of aromatic nitrogens is 13. The smallest absolute Gasteiger partial charge is 0.295 e. The number of benzene rings is 6. The van der Waals surface area contributed by atoms with Gasteiger partial charge >= 0.3 is 0 Å². The van der Waals surface area contributed by atoms with Gasteiger partial charge in [-0.3, -0.25) is 19.2 Å². The van der Waals surface area contributed by atoms with Gasteiger partial charge in [0.2, 0.25) is 29.6 Å². The number of aromatic amines is 5. The van der Waals surface area contributed by atoms with E-state index in [-0.39, 0.29) is 77.5 Å². The molecule has 8 aromatic heterocycles. The Morgan fingerprint density at radius 1 is 0.405 bits per heavy atom. The number of carbonyl (C=O) groups is 4. The van der Waals surface area contributed by atoms with Gasteiger partial charge in [0.1, 0.15) is 60.0 Å². The van der Waals surface area contributed by atoms with Crippen molar-refractivity contribution in [1.82, 2.24) is 84.4 Å². The summed E-state index contributed by atoms with van der Waals surface area (Å²) in [5.41, 5.74) is 11.9. The van der Waals surface area contributed by atoms with Gasteiger partial charge in [-0.15, -0.1) is 11.3 Å². The highest BCUT2D eigenvalue weighted by Gasteiger charge is 2.42. The molecule has 8 atom stereocenters. The normalized spacial score (nSPS) is 18.2. The minimum absolute atomic E-state index is 0.0182. The van der Waals surface area contributed by atoms with Gasteiger partial charge in [-0.2, -0.15) is 0 Å². The molecule has 14 aromatic rings. The first-order valence-corrected chi connectivity index (χ1v) is 41.4. The Bertz CT molecular complexity index is 5430. The standard InChI is InChI=1S/C44H49N11O3.C44H48N10O3S/c1-25(2)37(52-43-45-15-16-46-43)41(56)55-19-6-8-36(55)40-49-32-14-13-30(23-33(32)50-40)28-9-10-29-22-31(12-11-27(29)21-28)34-24-48-39(51-34)35-7-5-18-54(35)42(57)38(26(3)4)53-44-47-17-20-58-44;1-25(2)37(51-43-45-15-19-57-43)41(55)53-17-5-7-35(53)39-47-24-34(50-39)31-12-11-27-21-28(9-10-29(27)22-31)30-13-14-32-33(23-30)49-40(48-32)36-8-6-18-54(36)42(56)38(26(3)4)52-44-46-16-20-58-44/h9-17,20-26,35-38H,5-8,18-19H2,1-4H3,(H,47,53)(H,48,51)(H,49,50)(H2,45,46,52);9-16,19-26,35-38H,5-8,17-18H2,1-4H3,(H,45,51)(H,46,52)(H,47,50)(H,48,49)/t2*35-,36-,37-,38-/m00/s1. The summed E-state index contributed by atoms with van der Waals surface area (Å²) in [6.45, 7) is 19.1. The van der Waals surface area contributed by atoms with Gasteiger partial charge in [-0.25, -0.2) is 39.9 Å². The fraction of sp³-hybridized carbons (Fsp3) is 0.364. The van der Waals surface area contributed by atoms with Gasteiger partial charge < -0.3 is 74.6 Å². The summed E-state index contributed by atoms with van der Waals surface area (Å²) in [6, 6.07) is 37.1. The molecule has 4 fully saturated rings. The number of thiazole rings is 1. The van der Waals surface area contributed by atoms with Crippen LogP contribution in [0.25, 0.3) is 88.4 Å². The van der Waals surface area contributed by atoms with Gasteiger partial charge in [0.25, 0.3) is 12.0 Å². The minimum atomic E-state index is -0.461. The molecule has 6 aromatic carbocycles. The molecule has 0 bridgehead atoms. The molecule has 116 heavy (non-hydrogen) atoms. The molecule has 0 spiro atoms. The fourth-order valence-electron chi connectivity index (χ4n) is 17.0. The SMILES string of the molecule is CC(C)[C@H](Nc1ncco1)C(=O)N1CCC[C@H]1c1ncc(-c2ccc3cc(-c4ccc5nc([C@@H]6CCCN6C(=O)[C@@H](Nc6ncc[nH]6)C(C)C)[nH]c5c4)ccc3c2)[nH]1.CC(C)[C@H](Nc1ncco1)C(=O)N1CCC[C@H]1c1ncc(-c2ccc3cc(-c4ccc5nc([C@@H]6CCCN6C(=O)[C@@H](Nc6nccs6)C(C)C)[nH]c5c4)ccc3c2)[nH]1. The van der Waals surface area contributed by atoms with Crippen molar-refractivity contribution < 1.29 is 28.0 Å². The molecule has 4 saturated heterocycles. The average molecular weight is 1580 g/mol. The Morgan fingerprint density at radius 3 is 1.16 bits per heavy atom. The van der Waals surface area contributed by atoms with Gasteiger partial charge in [0.05, 0.1) is 82.4 Å². The summed E-state index contributed by atoms with van der Waals surface area (Å²) >= 11 is 1.51. The molecule has 4 aliphatic rings. The monoisotopic (exact) mass is 1580 g/mol. The van der Waals surface area contributed by atoms with E-state index >= 15 is 0 Å². The molecule has 596 valence electrons. The number of fused-ring (bicyclic) bond motifs is 4. The number of imidazole rings is 5. The summed E-state index contributed by atoms with van der Waals surface area (Å²) < 4.78 is 10.8. The second kappa shape index (κ2) is 32.8. The summed E-state index contributed by atoms with van der Waals surface area (Å²) in [6.07, 6.45) is 22.1. The molecule has 18 rings (SSSR count). The first kappa shape index (κ1) is 76.2. The maximum Gasteiger partial charge on any atom is 0.295 e. The Labute approximate surface area is 675 Å². The molecule has 0 radical (unpaired) electrons. The van der Waals surface area contributed by atoms with Crippen molar-refractivity contribution in [1.29, 1.82) is 0 Å². The molecular formula is C88H97N21O6S. The summed E-state index contributed by atoms with van der Waals surface area (Å²) in [5, 5.41) is 20.2. The molecule has 4 amide bonds. The van der Waals surface area contributed by atoms with Crippen molar-refractivity contribution in [3.63, 3.8) is 0 Å². The molecular weight excluding hydrogens is 1480 g/mol. The van der Waals surface area contributed by atoms with E-state index in [1.807, 2.05) is 78.9 Å². The zero-order valence-electron chi connectivity index (χ0n) is 66.3. The van der Waals surface area contributed by atoms with Crippen LogP contribution in [0.15, 0.2) is 179 Å². The molecule has 0 saturated carbocycles. The van der Waals surface area contributed by atoms with Crippen molar-refractivity contribution in [3.05, 3.63) is 194 Å². The highest BCUT2D eigenvalue weighted by atomic mass is 32.1.